The highest BCUT2D eigenvalue weighted by Gasteiger charge is 2.47. The average molecular weight is 532 g/mol. The van der Waals surface area contributed by atoms with Crippen molar-refractivity contribution in [2.24, 2.45) is 0 Å². The van der Waals surface area contributed by atoms with Crippen molar-refractivity contribution in [3.8, 4) is 5.75 Å². The van der Waals surface area contributed by atoms with Gasteiger partial charge in [-0.1, -0.05) is 64.5 Å². The van der Waals surface area contributed by atoms with Gasteiger partial charge in [-0.25, -0.2) is 0 Å². The van der Waals surface area contributed by atoms with Gasteiger partial charge in [0.2, 0.25) is 5.91 Å². The normalized spacial score (nSPS) is 17.3. The highest BCUT2D eigenvalue weighted by molar-refractivity contribution is 9.10. The Balaban J connectivity index is 1.53. The predicted octanol–water partition coefficient (Wildman–Crippen LogP) is 5.14. The first-order valence-electron chi connectivity index (χ1n) is 11.5. The monoisotopic (exact) mass is 531 g/mol. The summed E-state index contributed by atoms with van der Waals surface area (Å²) in [6, 6.07) is 25.2. The molecule has 0 bridgehead atoms. The molecule has 6 nitrogen and oxygen atoms in total. The molecule has 0 unspecified atom stereocenters. The van der Waals surface area contributed by atoms with Crippen LogP contribution in [0.2, 0.25) is 0 Å². The van der Waals surface area contributed by atoms with E-state index in [-0.39, 0.29) is 11.8 Å². The third kappa shape index (κ3) is 4.21. The lowest BCUT2D eigenvalue weighted by molar-refractivity contribution is -0.133. The summed E-state index contributed by atoms with van der Waals surface area (Å²) in [5.41, 5.74) is 2.26. The minimum Gasteiger partial charge on any atom is -0.496 e. The van der Waals surface area contributed by atoms with E-state index in [1.807, 2.05) is 90.4 Å². The number of rotatable bonds is 6. The number of ether oxygens (including phenoxy) is 1. The zero-order chi connectivity index (χ0) is 24.6. The van der Waals surface area contributed by atoms with Crippen molar-refractivity contribution in [3.63, 3.8) is 0 Å². The number of carbonyl (C=O) groups is 2. The molecule has 0 spiro atoms. The summed E-state index contributed by atoms with van der Waals surface area (Å²) in [5.74, 6) is 0.333. The van der Waals surface area contributed by atoms with E-state index in [1.165, 1.54) is 0 Å². The second-order valence-corrected chi connectivity index (χ2v) is 9.88. The third-order valence-electron chi connectivity index (χ3n) is 6.69. The maximum Gasteiger partial charge on any atom is 0.271 e. The van der Waals surface area contributed by atoms with Crippen molar-refractivity contribution in [3.05, 3.63) is 100 Å². The summed E-state index contributed by atoms with van der Waals surface area (Å²) in [6.45, 7) is 2.82. The van der Waals surface area contributed by atoms with Gasteiger partial charge in [-0.2, -0.15) is 0 Å². The standard InChI is InChI=1S/C28H26BrN3O3/c1-28(27(34)30-16-21-10-4-6-13-25(21)35-2)18-31-23-12-5-3-9-20(23)15-24(31)26(33)32(28)17-19-8-7-11-22(29)14-19/h3-15H,16-18H2,1-2H3,(H,30,34)/t28-/m0/s1. The lowest BCUT2D eigenvalue weighted by atomic mass is 9.93. The predicted molar refractivity (Wildman–Crippen MR) is 139 cm³/mol. The molecule has 178 valence electrons. The van der Waals surface area contributed by atoms with Crippen LogP contribution in [0.3, 0.4) is 0 Å². The molecule has 35 heavy (non-hydrogen) atoms. The minimum absolute atomic E-state index is 0.164. The lowest BCUT2D eigenvalue weighted by Crippen LogP contribution is -2.63. The van der Waals surface area contributed by atoms with Crippen LogP contribution in [0.4, 0.5) is 0 Å². The molecule has 0 radical (unpaired) electrons. The molecule has 7 heteroatoms. The van der Waals surface area contributed by atoms with Gasteiger partial charge in [-0.05, 0) is 42.8 Å². The first-order chi connectivity index (χ1) is 16.9. The molecule has 1 atom stereocenters. The van der Waals surface area contributed by atoms with Crippen LogP contribution in [0.5, 0.6) is 5.75 Å². The van der Waals surface area contributed by atoms with Crippen molar-refractivity contribution in [2.45, 2.75) is 32.1 Å². The van der Waals surface area contributed by atoms with Crippen molar-refractivity contribution < 1.29 is 14.3 Å². The molecular formula is C28H26BrN3O3. The van der Waals surface area contributed by atoms with E-state index in [0.29, 0.717) is 31.1 Å². The maximum atomic E-state index is 13.9. The molecule has 3 aromatic carbocycles. The average Bonchev–Trinajstić information content (AvgIpc) is 3.23. The van der Waals surface area contributed by atoms with Gasteiger partial charge < -0.3 is 19.5 Å². The van der Waals surface area contributed by atoms with Crippen molar-refractivity contribution in [1.29, 1.82) is 0 Å². The highest BCUT2D eigenvalue weighted by Crippen LogP contribution is 2.34. The topological polar surface area (TPSA) is 63.6 Å². The Kier molecular flexibility index (Phi) is 6.11. The number of carbonyl (C=O) groups excluding carboxylic acids is 2. The smallest absolute Gasteiger partial charge is 0.271 e. The summed E-state index contributed by atoms with van der Waals surface area (Å²) in [4.78, 5) is 29.4. The van der Waals surface area contributed by atoms with Crippen LogP contribution in [0, 0.1) is 0 Å². The number of amides is 2. The van der Waals surface area contributed by atoms with Gasteiger partial charge in [0, 0.05) is 34.0 Å². The summed E-state index contributed by atoms with van der Waals surface area (Å²) < 4.78 is 8.33. The third-order valence-corrected chi connectivity index (χ3v) is 7.18. The molecule has 4 aromatic rings. The number of fused-ring (bicyclic) bond motifs is 3. The second-order valence-electron chi connectivity index (χ2n) is 8.96. The van der Waals surface area contributed by atoms with E-state index in [1.54, 1.807) is 12.0 Å². The largest absolute Gasteiger partial charge is 0.496 e. The summed E-state index contributed by atoms with van der Waals surface area (Å²) >= 11 is 3.51. The quantitative estimate of drug-likeness (QED) is 0.374. The molecule has 2 amide bonds. The van der Waals surface area contributed by atoms with Crippen LogP contribution in [0.25, 0.3) is 10.9 Å². The van der Waals surface area contributed by atoms with E-state index in [0.717, 1.165) is 26.5 Å². The van der Waals surface area contributed by atoms with E-state index in [2.05, 4.69) is 21.2 Å². The molecule has 2 heterocycles. The van der Waals surface area contributed by atoms with Crippen LogP contribution < -0.4 is 10.1 Å². The van der Waals surface area contributed by atoms with Crippen LogP contribution in [0.15, 0.2) is 83.3 Å². The molecular weight excluding hydrogens is 506 g/mol. The molecule has 0 fully saturated rings. The molecule has 1 aliphatic rings. The minimum atomic E-state index is -1.10. The Labute approximate surface area is 212 Å². The van der Waals surface area contributed by atoms with Crippen LogP contribution in [-0.2, 0) is 24.4 Å². The van der Waals surface area contributed by atoms with Gasteiger partial charge in [-0.15, -0.1) is 0 Å². The second kappa shape index (κ2) is 9.23. The number of nitrogens with one attached hydrogen (secondary N) is 1. The first kappa shape index (κ1) is 23.2. The van der Waals surface area contributed by atoms with E-state index < -0.39 is 5.54 Å². The summed E-state index contributed by atoms with van der Waals surface area (Å²) in [6.07, 6.45) is 0. The number of methoxy groups -OCH3 is 1. The Bertz CT molecular complexity index is 1430. The molecule has 5 rings (SSSR count). The van der Waals surface area contributed by atoms with E-state index >= 15 is 0 Å². The summed E-state index contributed by atoms with van der Waals surface area (Å²) in [7, 11) is 1.61. The number of halogens is 1. The number of hydrogen-bond acceptors (Lipinski definition) is 3. The number of benzene rings is 3. The molecule has 0 aliphatic carbocycles. The van der Waals surface area contributed by atoms with Crippen LogP contribution in [0.1, 0.15) is 28.5 Å². The fraction of sp³-hybridized carbons (Fsp3) is 0.214. The number of para-hydroxylation sites is 2. The first-order valence-corrected chi connectivity index (χ1v) is 12.2. The Morgan fingerprint density at radius 1 is 1.06 bits per heavy atom. The Hall–Kier alpha value is -3.58. The maximum absolute atomic E-state index is 13.9. The molecule has 1 aromatic heterocycles. The Morgan fingerprint density at radius 2 is 1.83 bits per heavy atom. The fourth-order valence-corrected chi connectivity index (χ4v) is 5.23. The zero-order valence-electron chi connectivity index (χ0n) is 19.6. The van der Waals surface area contributed by atoms with Crippen molar-refractivity contribution in [1.82, 2.24) is 14.8 Å². The molecule has 1 aliphatic heterocycles. The number of hydrogen-bond donors (Lipinski definition) is 1. The van der Waals surface area contributed by atoms with Gasteiger partial charge in [0.05, 0.1) is 13.7 Å². The van der Waals surface area contributed by atoms with Crippen molar-refractivity contribution >= 4 is 38.6 Å². The number of aromatic nitrogens is 1. The van der Waals surface area contributed by atoms with Gasteiger partial charge in [-0.3, -0.25) is 9.59 Å². The van der Waals surface area contributed by atoms with E-state index in [9.17, 15) is 9.59 Å². The van der Waals surface area contributed by atoms with Crippen molar-refractivity contribution in [2.75, 3.05) is 7.11 Å². The van der Waals surface area contributed by atoms with Gasteiger partial charge >= 0.3 is 0 Å². The van der Waals surface area contributed by atoms with Crippen LogP contribution >= 0.6 is 15.9 Å². The number of nitrogens with zero attached hydrogens (tertiary/aromatic N) is 2. The Morgan fingerprint density at radius 3 is 2.63 bits per heavy atom. The molecule has 1 N–H and O–H groups in total. The highest BCUT2D eigenvalue weighted by atomic mass is 79.9. The zero-order valence-corrected chi connectivity index (χ0v) is 21.2. The molecule has 0 saturated carbocycles. The van der Waals surface area contributed by atoms with Crippen LogP contribution in [-0.4, -0.2) is 33.9 Å². The fourth-order valence-electron chi connectivity index (χ4n) is 4.79. The summed E-state index contributed by atoms with van der Waals surface area (Å²) in [5, 5.41) is 4.05. The lowest BCUT2D eigenvalue weighted by Gasteiger charge is -2.44. The van der Waals surface area contributed by atoms with Gasteiger partial charge in [0.25, 0.3) is 5.91 Å². The SMILES string of the molecule is COc1ccccc1CNC(=O)[C@]1(C)Cn2c(cc3ccccc32)C(=O)N1Cc1cccc(Br)c1. The molecule has 0 saturated heterocycles. The van der Waals surface area contributed by atoms with Gasteiger partial charge in [0.15, 0.2) is 0 Å². The van der Waals surface area contributed by atoms with Gasteiger partial charge in [0.1, 0.15) is 17.0 Å². The van der Waals surface area contributed by atoms with E-state index in [4.69, 9.17) is 4.74 Å².